The SMILES string of the molecule is O=C1CC(C(=O)O)CC(NCc2ccncc2OCC(F)F)=C1C(=S)Nc1ccccc1. The number of Topliss-reactive ketones (excluding diaryl/α,β-unsaturated/α-hetero) is 1. The zero-order chi connectivity index (χ0) is 23.1. The number of anilines is 1. The first-order valence-electron chi connectivity index (χ1n) is 9.78. The summed E-state index contributed by atoms with van der Waals surface area (Å²) in [7, 11) is 0. The molecule has 7 nitrogen and oxygen atoms in total. The first-order valence-corrected chi connectivity index (χ1v) is 10.2. The number of carbonyl (C=O) groups excluding carboxylic acids is 1. The number of halogens is 2. The lowest BCUT2D eigenvalue weighted by molar-refractivity contribution is -0.143. The van der Waals surface area contributed by atoms with E-state index in [1.807, 2.05) is 18.2 Å². The molecule has 0 amide bonds. The normalized spacial score (nSPS) is 16.1. The molecule has 1 aliphatic rings. The highest BCUT2D eigenvalue weighted by atomic mass is 32.1. The minimum Gasteiger partial charge on any atom is -0.486 e. The Morgan fingerprint density at radius 1 is 1.25 bits per heavy atom. The number of hydrogen-bond donors (Lipinski definition) is 3. The summed E-state index contributed by atoms with van der Waals surface area (Å²) in [5, 5.41) is 15.5. The number of thiocarbonyl (C=S) groups is 1. The Bertz CT molecular complexity index is 1030. The monoisotopic (exact) mass is 461 g/mol. The third-order valence-electron chi connectivity index (χ3n) is 4.80. The van der Waals surface area contributed by atoms with Gasteiger partial charge in [-0.15, -0.1) is 0 Å². The molecule has 32 heavy (non-hydrogen) atoms. The maximum Gasteiger partial charge on any atom is 0.307 e. The lowest BCUT2D eigenvalue weighted by Crippen LogP contribution is -2.34. The van der Waals surface area contributed by atoms with Gasteiger partial charge in [-0.2, -0.15) is 0 Å². The summed E-state index contributed by atoms with van der Waals surface area (Å²) in [6.07, 6.45) is 0.0759. The van der Waals surface area contributed by atoms with Gasteiger partial charge >= 0.3 is 5.97 Å². The molecular weight excluding hydrogens is 440 g/mol. The number of pyridine rings is 1. The number of carbonyl (C=O) groups is 2. The van der Waals surface area contributed by atoms with Crippen molar-refractivity contribution < 1.29 is 28.2 Å². The van der Waals surface area contributed by atoms with E-state index >= 15 is 0 Å². The van der Waals surface area contributed by atoms with Gasteiger partial charge < -0.3 is 20.5 Å². The molecule has 0 bridgehead atoms. The lowest BCUT2D eigenvalue weighted by Gasteiger charge is -2.26. The van der Waals surface area contributed by atoms with E-state index < -0.39 is 24.9 Å². The number of allylic oxidation sites excluding steroid dienone is 1. The van der Waals surface area contributed by atoms with E-state index in [1.165, 1.54) is 12.4 Å². The van der Waals surface area contributed by atoms with E-state index in [0.29, 0.717) is 16.9 Å². The molecular formula is C22H21F2N3O4S. The van der Waals surface area contributed by atoms with Crippen LogP contribution in [-0.2, 0) is 16.1 Å². The van der Waals surface area contributed by atoms with Crippen LogP contribution < -0.4 is 15.4 Å². The second-order valence-corrected chi connectivity index (χ2v) is 7.49. The van der Waals surface area contributed by atoms with Crippen molar-refractivity contribution in [2.75, 3.05) is 11.9 Å². The molecule has 3 N–H and O–H groups in total. The molecule has 2 aromatic rings. The third-order valence-corrected chi connectivity index (χ3v) is 5.10. The van der Waals surface area contributed by atoms with Crippen molar-refractivity contribution in [2.24, 2.45) is 5.92 Å². The Morgan fingerprint density at radius 2 is 2.00 bits per heavy atom. The van der Waals surface area contributed by atoms with Gasteiger partial charge in [-0.05, 0) is 18.2 Å². The number of carboxylic acid groups (broad SMARTS) is 1. The number of hydrogen-bond acceptors (Lipinski definition) is 6. The Balaban J connectivity index is 1.85. The molecule has 1 unspecified atom stereocenters. The van der Waals surface area contributed by atoms with E-state index in [1.54, 1.807) is 18.2 Å². The van der Waals surface area contributed by atoms with Crippen molar-refractivity contribution >= 4 is 34.6 Å². The van der Waals surface area contributed by atoms with Crippen LogP contribution in [0.15, 0.2) is 60.1 Å². The van der Waals surface area contributed by atoms with Crippen LogP contribution in [0.1, 0.15) is 18.4 Å². The van der Waals surface area contributed by atoms with E-state index in [-0.39, 0.29) is 41.5 Å². The van der Waals surface area contributed by atoms with Gasteiger partial charge in [0.1, 0.15) is 17.3 Å². The van der Waals surface area contributed by atoms with Crippen LogP contribution in [0.3, 0.4) is 0 Å². The molecule has 0 radical (unpaired) electrons. The lowest BCUT2D eigenvalue weighted by atomic mass is 9.85. The summed E-state index contributed by atoms with van der Waals surface area (Å²) in [4.78, 5) is 28.4. The Hall–Kier alpha value is -3.40. The summed E-state index contributed by atoms with van der Waals surface area (Å²) < 4.78 is 30.2. The largest absolute Gasteiger partial charge is 0.486 e. The Kier molecular flexibility index (Phi) is 7.82. The molecule has 0 aliphatic heterocycles. The number of ether oxygens (including phenoxy) is 1. The zero-order valence-corrected chi connectivity index (χ0v) is 17.7. The average molecular weight is 461 g/mol. The predicted octanol–water partition coefficient (Wildman–Crippen LogP) is 3.57. The summed E-state index contributed by atoms with van der Waals surface area (Å²) in [5.74, 6) is -2.18. The minimum atomic E-state index is -2.64. The summed E-state index contributed by atoms with van der Waals surface area (Å²) in [6, 6.07) is 10.6. The van der Waals surface area contributed by atoms with Crippen molar-refractivity contribution in [3.05, 3.63) is 65.6 Å². The number of para-hydroxylation sites is 1. The van der Waals surface area contributed by atoms with Crippen LogP contribution in [0.5, 0.6) is 5.75 Å². The van der Waals surface area contributed by atoms with Crippen molar-refractivity contribution in [2.45, 2.75) is 25.8 Å². The number of aliphatic carboxylic acids is 1. The van der Waals surface area contributed by atoms with Gasteiger partial charge in [0.15, 0.2) is 5.78 Å². The van der Waals surface area contributed by atoms with Crippen LogP contribution in [-0.4, -0.2) is 39.9 Å². The van der Waals surface area contributed by atoms with E-state index in [2.05, 4.69) is 15.6 Å². The summed E-state index contributed by atoms with van der Waals surface area (Å²) in [5.41, 5.74) is 1.80. The molecule has 1 aromatic carbocycles. The molecule has 1 aromatic heterocycles. The number of benzene rings is 1. The van der Waals surface area contributed by atoms with Gasteiger partial charge in [-0.1, -0.05) is 30.4 Å². The second kappa shape index (κ2) is 10.8. The molecule has 0 spiro atoms. The summed E-state index contributed by atoms with van der Waals surface area (Å²) >= 11 is 5.45. The molecule has 1 heterocycles. The van der Waals surface area contributed by atoms with Crippen molar-refractivity contribution in [3.63, 3.8) is 0 Å². The predicted molar refractivity (Wildman–Crippen MR) is 118 cm³/mol. The van der Waals surface area contributed by atoms with Crippen LogP contribution in [0, 0.1) is 5.92 Å². The number of rotatable bonds is 9. The van der Waals surface area contributed by atoms with Gasteiger partial charge in [0.05, 0.1) is 17.7 Å². The number of carboxylic acids is 1. The third kappa shape index (κ3) is 6.07. The molecule has 0 fully saturated rings. The highest BCUT2D eigenvalue weighted by molar-refractivity contribution is 7.81. The first-order chi connectivity index (χ1) is 15.3. The van der Waals surface area contributed by atoms with Gasteiger partial charge in [-0.25, -0.2) is 8.78 Å². The number of ketones is 1. The molecule has 1 aliphatic carbocycles. The summed E-state index contributed by atoms with van der Waals surface area (Å²) in [6.45, 7) is -0.676. The first kappa shape index (κ1) is 23.3. The molecule has 0 saturated heterocycles. The smallest absolute Gasteiger partial charge is 0.307 e. The quantitative estimate of drug-likeness (QED) is 0.488. The van der Waals surface area contributed by atoms with Gasteiger partial charge in [-0.3, -0.25) is 14.6 Å². The minimum absolute atomic E-state index is 0.0747. The number of nitrogens with zero attached hydrogens (tertiary/aromatic N) is 1. The maximum absolute atomic E-state index is 12.8. The fraction of sp³-hybridized carbons (Fsp3) is 0.273. The Labute approximate surface area is 188 Å². The second-order valence-electron chi connectivity index (χ2n) is 7.08. The highest BCUT2D eigenvalue weighted by Crippen LogP contribution is 2.28. The molecule has 0 saturated carbocycles. The highest BCUT2D eigenvalue weighted by Gasteiger charge is 2.33. The van der Waals surface area contributed by atoms with Crippen molar-refractivity contribution in [1.29, 1.82) is 0 Å². The van der Waals surface area contributed by atoms with Crippen LogP contribution in [0.2, 0.25) is 0 Å². The van der Waals surface area contributed by atoms with E-state index in [4.69, 9.17) is 17.0 Å². The Morgan fingerprint density at radius 3 is 2.69 bits per heavy atom. The van der Waals surface area contributed by atoms with Crippen LogP contribution >= 0.6 is 12.2 Å². The standard InChI is InChI=1S/C22H21F2N3O4S/c23-19(24)12-31-18-11-25-7-6-13(18)10-26-16-8-14(22(29)30)9-17(28)20(16)21(32)27-15-4-2-1-3-5-15/h1-7,11,14,19,26H,8-10,12H2,(H,27,32)(H,29,30). The molecule has 10 heteroatoms. The number of aromatic nitrogens is 1. The number of nitrogens with one attached hydrogen (secondary N) is 2. The molecule has 3 rings (SSSR count). The van der Waals surface area contributed by atoms with Crippen molar-refractivity contribution in [3.8, 4) is 5.75 Å². The van der Waals surface area contributed by atoms with Gasteiger partial charge in [0.2, 0.25) is 0 Å². The van der Waals surface area contributed by atoms with Crippen molar-refractivity contribution in [1.82, 2.24) is 10.3 Å². The van der Waals surface area contributed by atoms with Gasteiger partial charge in [0.25, 0.3) is 6.43 Å². The number of alkyl halides is 2. The fourth-order valence-corrected chi connectivity index (χ4v) is 3.62. The van der Waals surface area contributed by atoms with Gasteiger partial charge in [0, 0.05) is 42.5 Å². The van der Waals surface area contributed by atoms with E-state index in [9.17, 15) is 23.5 Å². The van der Waals surface area contributed by atoms with Crippen LogP contribution in [0.25, 0.3) is 0 Å². The van der Waals surface area contributed by atoms with E-state index in [0.717, 1.165) is 0 Å². The fourth-order valence-electron chi connectivity index (χ4n) is 3.27. The molecule has 168 valence electrons. The topological polar surface area (TPSA) is 101 Å². The average Bonchev–Trinajstić information content (AvgIpc) is 2.76. The zero-order valence-electron chi connectivity index (χ0n) is 16.9. The molecule has 1 atom stereocenters. The maximum atomic E-state index is 12.8. The van der Waals surface area contributed by atoms with Crippen LogP contribution in [0.4, 0.5) is 14.5 Å².